The largest absolute Gasteiger partial charge is 0.477 e. The average Bonchev–Trinajstić information content (AvgIpc) is 3.58. The van der Waals surface area contributed by atoms with Gasteiger partial charge >= 0.3 is 5.97 Å². The summed E-state index contributed by atoms with van der Waals surface area (Å²) in [6.07, 6.45) is 7.17. The van der Waals surface area contributed by atoms with Gasteiger partial charge in [0.25, 0.3) is 11.5 Å². The number of para-hydroxylation sites is 1. The lowest BCUT2D eigenvalue weighted by atomic mass is 9.75. The fourth-order valence-electron chi connectivity index (χ4n) is 6.67. The Balaban J connectivity index is 1.17. The SMILES string of the molecule is O=C(NC1(C(=O)Nc2ccc3[nH]c(C(=O)O)cc3c2)CCC1)c1ccc2c(c1)c(=O)n(-c1ccccc1)n2C1CCCCC1. The fourth-order valence-corrected chi connectivity index (χ4v) is 6.67. The highest BCUT2D eigenvalue weighted by atomic mass is 16.4. The first-order valence-electron chi connectivity index (χ1n) is 15.2. The van der Waals surface area contributed by atoms with E-state index in [0.29, 0.717) is 40.4 Å². The molecule has 10 heteroatoms. The number of nitrogens with zero attached hydrogens (tertiary/aromatic N) is 2. The Kier molecular flexibility index (Phi) is 6.84. The lowest BCUT2D eigenvalue weighted by Crippen LogP contribution is -2.61. The molecular formula is C34H33N5O5. The molecule has 0 atom stereocenters. The van der Waals surface area contributed by atoms with E-state index < -0.39 is 17.4 Å². The van der Waals surface area contributed by atoms with Gasteiger partial charge in [0.15, 0.2) is 0 Å². The molecule has 0 aliphatic heterocycles. The highest BCUT2D eigenvalue weighted by molar-refractivity contribution is 6.06. The van der Waals surface area contributed by atoms with Crippen molar-refractivity contribution in [2.45, 2.75) is 62.9 Å². The molecule has 2 saturated carbocycles. The van der Waals surface area contributed by atoms with Gasteiger partial charge in [0.05, 0.1) is 22.6 Å². The van der Waals surface area contributed by atoms with E-state index in [1.165, 1.54) is 12.5 Å². The molecule has 2 aromatic heterocycles. The third-order valence-corrected chi connectivity index (χ3v) is 9.17. The highest BCUT2D eigenvalue weighted by Gasteiger charge is 2.45. The molecule has 0 unspecified atom stereocenters. The molecular weight excluding hydrogens is 558 g/mol. The summed E-state index contributed by atoms with van der Waals surface area (Å²) in [6, 6.07) is 21.6. The van der Waals surface area contributed by atoms with E-state index in [1.807, 2.05) is 36.4 Å². The van der Waals surface area contributed by atoms with E-state index in [2.05, 4.69) is 20.3 Å². The number of carbonyl (C=O) groups excluding carboxylic acids is 2. The van der Waals surface area contributed by atoms with Crippen molar-refractivity contribution in [3.63, 3.8) is 0 Å². The van der Waals surface area contributed by atoms with Crippen LogP contribution in [-0.4, -0.2) is 42.8 Å². The molecule has 224 valence electrons. The highest BCUT2D eigenvalue weighted by Crippen LogP contribution is 2.35. The van der Waals surface area contributed by atoms with Crippen LogP contribution >= 0.6 is 0 Å². The van der Waals surface area contributed by atoms with Crippen molar-refractivity contribution in [3.05, 3.63) is 94.4 Å². The molecule has 0 saturated heterocycles. The second kappa shape index (κ2) is 10.9. The van der Waals surface area contributed by atoms with Gasteiger partial charge < -0.3 is 20.7 Å². The number of aromatic amines is 1. The number of benzene rings is 3. The fraction of sp³-hybridized carbons (Fsp3) is 0.294. The molecule has 44 heavy (non-hydrogen) atoms. The number of carbonyl (C=O) groups is 3. The Morgan fingerprint density at radius 1 is 0.886 bits per heavy atom. The molecule has 0 bridgehead atoms. The standard InChI is InChI=1S/C34H33N5O5/c40-30(37-34(16-7-17-34)33(44)35-23-13-14-27-22(18-23)20-28(36-27)32(42)43)21-12-15-29-26(19-21)31(41)39(25-10-5-2-6-11-25)38(29)24-8-3-1-4-9-24/h2,5-6,10-15,18-20,24,36H,1,3-4,7-9,16-17H2,(H,35,44)(H,37,40)(H,42,43). The molecule has 2 aliphatic carbocycles. The van der Waals surface area contributed by atoms with Crippen LogP contribution in [0.1, 0.15) is 78.3 Å². The Morgan fingerprint density at radius 3 is 2.36 bits per heavy atom. The van der Waals surface area contributed by atoms with Crippen LogP contribution in [0.5, 0.6) is 0 Å². The van der Waals surface area contributed by atoms with E-state index in [9.17, 15) is 24.3 Å². The van der Waals surface area contributed by atoms with Gasteiger partial charge in [-0.05, 0) is 86.7 Å². The minimum Gasteiger partial charge on any atom is -0.477 e. The van der Waals surface area contributed by atoms with Crippen molar-refractivity contribution < 1.29 is 19.5 Å². The van der Waals surface area contributed by atoms with E-state index in [4.69, 9.17) is 0 Å². The topological polar surface area (TPSA) is 138 Å². The van der Waals surface area contributed by atoms with E-state index >= 15 is 0 Å². The number of H-pyrrole nitrogens is 1. The quantitative estimate of drug-likeness (QED) is 0.190. The lowest BCUT2D eigenvalue weighted by molar-refractivity contribution is -0.125. The second-order valence-electron chi connectivity index (χ2n) is 12.0. The van der Waals surface area contributed by atoms with Gasteiger partial charge in [0.2, 0.25) is 5.91 Å². The number of aromatic carboxylic acids is 1. The third-order valence-electron chi connectivity index (χ3n) is 9.17. The number of amides is 2. The van der Waals surface area contributed by atoms with Gasteiger partial charge in [-0.2, -0.15) is 0 Å². The number of aromatic nitrogens is 3. The minimum atomic E-state index is -1.08. The number of fused-ring (bicyclic) bond motifs is 2. The van der Waals surface area contributed by atoms with Gasteiger partial charge in [0.1, 0.15) is 11.2 Å². The molecule has 4 N–H and O–H groups in total. The van der Waals surface area contributed by atoms with E-state index in [-0.39, 0.29) is 23.2 Å². The minimum absolute atomic E-state index is 0.0628. The molecule has 2 heterocycles. The molecule has 0 radical (unpaired) electrons. The predicted octanol–water partition coefficient (Wildman–Crippen LogP) is 5.77. The Hall–Kier alpha value is -5.12. The van der Waals surface area contributed by atoms with Gasteiger partial charge in [-0.25, -0.2) is 9.48 Å². The van der Waals surface area contributed by atoms with Crippen molar-refractivity contribution in [3.8, 4) is 5.69 Å². The third kappa shape index (κ3) is 4.76. The van der Waals surface area contributed by atoms with Crippen LogP contribution in [0.15, 0.2) is 77.6 Å². The van der Waals surface area contributed by atoms with Crippen LogP contribution in [0, 0.1) is 0 Å². The monoisotopic (exact) mass is 591 g/mol. The molecule has 2 fully saturated rings. The Morgan fingerprint density at radius 2 is 1.66 bits per heavy atom. The molecule has 0 spiro atoms. The number of carboxylic acid groups (broad SMARTS) is 1. The van der Waals surface area contributed by atoms with Crippen LogP contribution in [0.4, 0.5) is 5.69 Å². The summed E-state index contributed by atoms with van der Waals surface area (Å²) in [5.74, 6) is -1.81. The van der Waals surface area contributed by atoms with Crippen molar-refractivity contribution in [2.24, 2.45) is 0 Å². The number of hydrogen-bond acceptors (Lipinski definition) is 4. The molecule has 7 rings (SSSR count). The molecule has 5 aromatic rings. The molecule has 2 amide bonds. The maximum atomic E-state index is 13.9. The normalized spacial score (nSPS) is 16.5. The van der Waals surface area contributed by atoms with Gasteiger partial charge in [0, 0.05) is 22.2 Å². The molecule has 10 nitrogen and oxygen atoms in total. The van der Waals surface area contributed by atoms with Crippen LogP contribution in [0.3, 0.4) is 0 Å². The zero-order valence-corrected chi connectivity index (χ0v) is 24.1. The summed E-state index contributed by atoms with van der Waals surface area (Å²) >= 11 is 0. The number of hydrogen-bond donors (Lipinski definition) is 4. The summed E-state index contributed by atoms with van der Waals surface area (Å²) in [4.78, 5) is 55.1. The summed E-state index contributed by atoms with van der Waals surface area (Å²) in [5.41, 5.74) is 1.86. The van der Waals surface area contributed by atoms with Crippen LogP contribution < -0.4 is 16.2 Å². The smallest absolute Gasteiger partial charge is 0.352 e. The predicted molar refractivity (Wildman–Crippen MR) is 168 cm³/mol. The van der Waals surface area contributed by atoms with Crippen molar-refractivity contribution in [2.75, 3.05) is 5.32 Å². The lowest BCUT2D eigenvalue weighted by Gasteiger charge is -2.40. The van der Waals surface area contributed by atoms with Crippen molar-refractivity contribution in [1.82, 2.24) is 19.7 Å². The summed E-state index contributed by atoms with van der Waals surface area (Å²) in [7, 11) is 0. The van der Waals surface area contributed by atoms with Gasteiger partial charge in [-0.3, -0.25) is 19.1 Å². The number of nitrogens with one attached hydrogen (secondary N) is 3. The summed E-state index contributed by atoms with van der Waals surface area (Å²) in [5, 5.41) is 16.3. The van der Waals surface area contributed by atoms with Gasteiger partial charge in [-0.15, -0.1) is 0 Å². The number of rotatable bonds is 7. The first-order chi connectivity index (χ1) is 21.3. The number of carboxylic acids is 1. The zero-order chi connectivity index (χ0) is 30.4. The Bertz CT molecular complexity index is 1980. The van der Waals surface area contributed by atoms with Crippen LogP contribution in [0.25, 0.3) is 27.5 Å². The summed E-state index contributed by atoms with van der Waals surface area (Å²) < 4.78 is 3.85. The maximum Gasteiger partial charge on any atom is 0.352 e. The number of anilines is 1. The van der Waals surface area contributed by atoms with Crippen LogP contribution in [-0.2, 0) is 4.79 Å². The van der Waals surface area contributed by atoms with Crippen LogP contribution in [0.2, 0.25) is 0 Å². The molecule has 3 aromatic carbocycles. The first kappa shape index (κ1) is 27.7. The maximum absolute atomic E-state index is 13.9. The van der Waals surface area contributed by atoms with Crippen molar-refractivity contribution in [1.29, 1.82) is 0 Å². The Labute approximate surface area is 252 Å². The van der Waals surface area contributed by atoms with Crippen molar-refractivity contribution >= 4 is 45.3 Å². The average molecular weight is 592 g/mol. The summed E-state index contributed by atoms with van der Waals surface area (Å²) in [6.45, 7) is 0. The zero-order valence-electron chi connectivity index (χ0n) is 24.1. The molecule has 2 aliphatic rings. The van der Waals surface area contributed by atoms with E-state index in [0.717, 1.165) is 43.3 Å². The van der Waals surface area contributed by atoms with E-state index in [1.54, 1.807) is 35.0 Å². The van der Waals surface area contributed by atoms with Gasteiger partial charge in [-0.1, -0.05) is 37.5 Å². The first-order valence-corrected chi connectivity index (χ1v) is 15.2. The second-order valence-corrected chi connectivity index (χ2v) is 12.0.